The van der Waals surface area contributed by atoms with Gasteiger partial charge in [-0.25, -0.2) is 4.39 Å². The number of hydrogen-bond donors (Lipinski definition) is 2. The molecule has 0 spiro atoms. The number of nitrogens with two attached hydrogens (primary N) is 1. The van der Waals surface area contributed by atoms with Gasteiger partial charge in [0.05, 0.1) is 29.7 Å². The molecule has 0 bridgehead atoms. The van der Waals surface area contributed by atoms with E-state index >= 15 is 0 Å². The van der Waals surface area contributed by atoms with Gasteiger partial charge in [0, 0.05) is 32.7 Å². The number of anilines is 2. The predicted octanol–water partition coefficient (Wildman–Crippen LogP) is 0.821. The minimum absolute atomic E-state index is 0.0946. The van der Waals surface area contributed by atoms with Crippen molar-refractivity contribution >= 4 is 17.3 Å². The summed E-state index contributed by atoms with van der Waals surface area (Å²) in [4.78, 5) is 19.7. The van der Waals surface area contributed by atoms with Crippen molar-refractivity contribution in [3.8, 4) is 0 Å². The van der Waals surface area contributed by atoms with Crippen LogP contribution in [-0.2, 0) is 4.79 Å². The van der Waals surface area contributed by atoms with E-state index in [1.807, 2.05) is 11.8 Å². The largest absolute Gasteiger partial charge is 0.396 e. The van der Waals surface area contributed by atoms with Gasteiger partial charge in [-0.15, -0.1) is 0 Å². The molecule has 0 radical (unpaired) electrons. The van der Waals surface area contributed by atoms with Crippen LogP contribution >= 0.6 is 0 Å². The standard InChI is InChI=1S/C15H22FN5O/c1-3-18-8-11(2)15(22)21-6-4-20(5-7-21)14-12(16)9-19-10-13(14)17/h3,9-11,18H,1,4-8,17H2,2H3. The highest BCUT2D eigenvalue weighted by molar-refractivity contribution is 5.79. The van der Waals surface area contributed by atoms with E-state index in [0.29, 0.717) is 44.1 Å². The van der Waals surface area contributed by atoms with Gasteiger partial charge in [0.15, 0.2) is 5.82 Å². The summed E-state index contributed by atoms with van der Waals surface area (Å²) in [6, 6.07) is 0. The number of amides is 1. The maximum Gasteiger partial charge on any atom is 0.227 e. The van der Waals surface area contributed by atoms with Gasteiger partial charge in [0.2, 0.25) is 5.91 Å². The van der Waals surface area contributed by atoms with Gasteiger partial charge < -0.3 is 20.9 Å². The Morgan fingerprint density at radius 2 is 2.18 bits per heavy atom. The average Bonchev–Trinajstić information content (AvgIpc) is 2.52. The topological polar surface area (TPSA) is 74.5 Å². The lowest BCUT2D eigenvalue weighted by Crippen LogP contribution is -2.51. The van der Waals surface area contributed by atoms with Crippen molar-refractivity contribution in [1.29, 1.82) is 0 Å². The second-order valence-corrected chi connectivity index (χ2v) is 5.38. The third-order valence-electron chi connectivity index (χ3n) is 3.80. The van der Waals surface area contributed by atoms with Crippen LogP contribution in [0.25, 0.3) is 0 Å². The number of hydrogen-bond acceptors (Lipinski definition) is 5. The third kappa shape index (κ3) is 3.47. The third-order valence-corrected chi connectivity index (χ3v) is 3.80. The predicted molar refractivity (Wildman–Crippen MR) is 84.8 cm³/mol. The Hall–Kier alpha value is -2.31. The summed E-state index contributed by atoms with van der Waals surface area (Å²) in [5.74, 6) is -0.451. The fraction of sp³-hybridized carbons (Fsp3) is 0.467. The Labute approximate surface area is 129 Å². The molecule has 2 heterocycles. The van der Waals surface area contributed by atoms with E-state index in [2.05, 4.69) is 16.9 Å². The Morgan fingerprint density at radius 1 is 1.50 bits per heavy atom. The molecule has 1 atom stereocenters. The van der Waals surface area contributed by atoms with E-state index < -0.39 is 5.82 Å². The smallest absolute Gasteiger partial charge is 0.227 e. The number of nitrogens with one attached hydrogen (secondary N) is 1. The number of pyridine rings is 1. The van der Waals surface area contributed by atoms with Crippen molar-refractivity contribution in [3.63, 3.8) is 0 Å². The van der Waals surface area contributed by atoms with Crippen LogP contribution in [0.1, 0.15) is 6.92 Å². The van der Waals surface area contributed by atoms with Gasteiger partial charge in [-0.3, -0.25) is 9.78 Å². The Kier molecular flexibility index (Phi) is 5.19. The molecule has 0 saturated carbocycles. The van der Waals surface area contributed by atoms with E-state index in [9.17, 15) is 9.18 Å². The number of rotatable bonds is 5. The fourth-order valence-corrected chi connectivity index (χ4v) is 2.59. The van der Waals surface area contributed by atoms with E-state index in [1.165, 1.54) is 6.20 Å². The number of nitrogens with zero attached hydrogens (tertiary/aromatic N) is 3. The number of aromatic nitrogens is 1. The molecular formula is C15H22FN5O. The van der Waals surface area contributed by atoms with E-state index in [0.717, 1.165) is 6.20 Å². The summed E-state index contributed by atoms with van der Waals surface area (Å²) in [6.45, 7) is 8.23. The van der Waals surface area contributed by atoms with Crippen molar-refractivity contribution in [3.05, 3.63) is 31.0 Å². The second kappa shape index (κ2) is 7.11. The molecule has 0 aromatic carbocycles. The summed E-state index contributed by atoms with van der Waals surface area (Å²) in [5, 5.41) is 2.95. The monoisotopic (exact) mass is 307 g/mol. The Bertz CT molecular complexity index is 522. The zero-order valence-electron chi connectivity index (χ0n) is 12.8. The number of carbonyl (C=O) groups excluding carboxylic acids is 1. The summed E-state index contributed by atoms with van der Waals surface area (Å²) >= 11 is 0. The lowest BCUT2D eigenvalue weighted by Gasteiger charge is -2.37. The van der Waals surface area contributed by atoms with Crippen molar-refractivity contribution < 1.29 is 9.18 Å². The van der Waals surface area contributed by atoms with Crippen LogP contribution in [0.2, 0.25) is 0 Å². The van der Waals surface area contributed by atoms with Crippen molar-refractivity contribution in [2.24, 2.45) is 5.92 Å². The normalized spacial score (nSPS) is 16.3. The highest BCUT2D eigenvalue weighted by Gasteiger charge is 2.26. The van der Waals surface area contributed by atoms with Gasteiger partial charge in [0.1, 0.15) is 0 Å². The van der Waals surface area contributed by atoms with Crippen LogP contribution in [0, 0.1) is 11.7 Å². The fourth-order valence-electron chi connectivity index (χ4n) is 2.59. The van der Waals surface area contributed by atoms with Crippen LogP contribution in [0.5, 0.6) is 0 Å². The SMILES string of the molecule is C=CNCC(C)C(=O)N1CCN(c2c(N)cncc2F)CC1. The molecule has 1 aliphatic rings. The maximum absolute atomic E-state index is 13.9. The molecule has 22 heavy (non-hydrogen) atoms. The number of carbonyl (C=O) groups is 1. The second-order valence-electron chi connectivity index (χ2n) is 5.38. The molecule has 1 saturated heterocycles. The molecule has 3 N–H and O–H groups in total. The molecule has 1 unspecified atom stereocenters. The molecule has 120 valence electrons. The van der Waals surface area contributed by atoms with Crippen LogP contribution in [0.15, 0.2) is 25.2 Å². The Balaban J connectivity index is 1.95. The van der Waals surface area contributed by atoms with E-state index in [1.54, 1.807) is 11.1 Å². The summed E-state index contributed by atoms with van der Waals surface area (Å²) < 4.78 is 13.9. The first-order valence-electron chi connectivity index (χ1n) is 7.31. The van der Waals surface area contributed by atoms with Gasteiger partial charge in [-0.05, 0) is 6.20 Å². The first kappa shape index (κ1) is 16.1. The minimum Gasteiger partial charge on any atom is -0.396 e. The van der Waals surface area contributed by atoms with Crippen LogP contribution < -0.4 is 16.0 Å². The summed E-state index contributed by atoms with van der Waals surface area (Å²) in [7, 11) is 0. The van der Waals surface area contributed by atoms with Crippen LogP contribution in [0.3, 0.4) is 0 Å². The molecule has 1 aromatic rings. The molecule has 1 amide bonds. The molecule has 6 nitrogen and oxygen atoms in total. The van der Waals surface area contributed by atoms with Crippen LogP contribution in [-0.4, -0.2) is 48.5 Å². The average molecular weight is 307 g/mol. The van der Waals surface area contributed by atoms with Gasteiger partial charge in [0.25, 0.3) is 0 Å². The number of piperazine rings is 1. The molecule has 0 aliphatic carbocycles. The number of nitrogen functional groups attached to an aromatic ring is 1. The number of halogens is 1. The molecule has 1 aromatic heterocycles. The maximum atomic E-state index is 13.9. The summed E-state index contributed by atoms with van der Waals surface area (Å²) in [6.07, 6.45) is 4.18. The van der Waals surface area contributed by atoms with Crippen molar-refractivity contribution in [1.82, 2.24) is 15.2 Å². The van der Waals surface area contributed by atoms with E-state index in [-0.39, 0.29) is 11.8 Å². The lowest BCUT2D eigenvalue weighted by atomic mass is 10.1. The molecule has 7 heteroatoms. The summed E-state index contributed by atoms with van der Waals surface area (Å²) in [5.41, 5.74) is 6.51. The Morgan fingerprint density at radius 3 is 2.77 bits per heavy atom. The van der Waals surface area contributed by atoms with Gasteiger partial charge >= 0.3 is 0 Å². The van der Waals surface area contributed by atoms with Crippen molar-refractivity contribution in [2.75, 3.05) is 43.4 Å². The zero-order chi connectivity index (χ0) is 16.1. The quantitative estimate of drug-likeness (QED) is 0.842. The zero-order valence-corrected chi connectivity index (χ0v) is 12.8. The first-order chi connectivity index (χ1) is 10.5. The molecule has 1 fully saturated rings. The first-order valence-corrected chi connectivity index (χ1v) is 7.31. The molecular weight excluding hydrogens is 285 g/mol. The lowest BCUT2D eigenvalue weighted by molar-refractivity contribution is -0.135. The minimum atomic E-state index is -0.427. The molecule has 1 aliphatic heterocycles. The van der Waals surface area contributed by atoms with E-state index in [4.69, 9.17) is 5.73 Å². The van der Waals surface area contributed by atoms with Crippen LogP contribution in [0.4, 0.5) is 15.8 Å². The highest BCUT2D eigenvalue weighted by atomic mass is 19.1. The van der Waals surface area contributed by atoms with Gasteiger partial charge in [-0.1, -0.05) is 13.5 Å². The highest BCUT2D eigenvalue weighted by Crippen LogP contribution is 2.26. The van der Waals surface area contributed by atoms with Crippen molar-refractivity contribution in [2.45, 2.75) is 6.92 Å². The van der Waals surface area contributed by atoms with Gasteiger partial charge in [-0.2, -0.15) is 0 Å². The molecule has 2 rings (SSSR count).